The van der Waals surface area contributed by atoms with E-state index >= 15 is 0 Å². The molecule has 0 fully saturated rings. The Morgan fingerprint density at radius 1 is 0.875 bits per heavy atom. The molecule has 0 spiro atoms. The highest BCUT2D eigenvalue weighted by Gasteiger charge is 2.31. The zero-order chi connectivity index (χ0) is 23.0. The van der Waals surface area contributed by atoms with Gasteiger partial charge in [-0.05, 0) is 79.3 Å². The minimum Gasteiger partial charge on any atom is -0.361 e. The monoisotopic (exact) mass is 433 g/mol. The van der Waals surface area contributed by atoms with Crippen molar-refractivity contribution in [3.63, 3.8) is 0 Å². The number of alkyl halides is 3. The van der Waals surface area contributed by atoms with Crippen LogP contribution in [0.1, 0.15) is 51.8 Å². The van der Waals surface area contributed by atoms with Gasteiger partial charge in [0, 0.05) is 23.0 Å². The minimum absolute atomic E-state index is 0.208. The number of H-pyrrole nitrogens is 1. The summed E-state index contributed by atoms with van der Waals surface area (Å²) in [6, 6.07) is 18.1. The van der Waals surface area contributed by atoms with Crippen LogP contribution in [0.3, 0.4) is 0 Å². The molecule has 164 valence electrons. The number of aromatic nitrogens is 1. The van der Waals surface area contributed by atoms with Crippen LogP contribution in [0, 0.1) is 20.8 Å². The Morgan fingerprint density at radius 3 is 2.16 bits per heavy atom. The van der Waals surface area contributed by atoms with Crippen LogP contribution < -0.4 is 0 Å². The fourth-order valence-electron chi connectivity index (χ4n) is 4.51. The number of rotatable bonds is 4. The second kappa shape index (κ2) is 8.34. The molecule has 0 bridgehead atoms. The van der Waals surface area contributed by atoms with Gasteiger partial charge in [-0.2, -0.15) is 13.2 Å². The molecule has 0 radical (unpaired) electrons. The van der Waals surface area contributed by atoms with E-state index in [0.29, 0.717) is 0 Å². The Labute approximate surface area is 186 Å². The molecule has 4 aromatic rings. The average Bonchev–Trinajstić information content (AvgIpc) is 3.14. The van der Waals surface area contributed by atoms with Crippen molar-refractivity contribution in [1.82, 2.24) is 4.98 Å². The van der Waals surface area contributed by atoms with Crippen LogP contribution >= 0.6 is 0 Å². The third-order valence-electron chi connectivity index (χ3n) is 6.07. The lowest BCUT2D eigenvalue weighted by molar-refractivity contribution is -0.137. The lowest BCUT2D eigenvalue weighted by Gasteiger charge is -2.23. The average molecular weight is 434 g/mol. The number of aromatic amines is 1. The van der Waals surface area contributed by atoms with E-state index in [-0.39, 0.29) is 5.92 Å². The highest BCUT2D eigenvalue weighted by molar-refractivity contribution is 5.89. The Hall–Kier alpha value is -3.27. The van der Waals surface area contributed by atoms with Gasteiger partial charge in [-0.1, -0.05) is 54.1 Å². The Bertz CT molecular complexity index is 1290. The molecular formula is C28H26F3N. The van der Waals surface area contributed by atoms with Crippen molar-refractivity contribution in [2.24, 2.45) is 0 Å². The maximum absolute atomic E-state index is 13.2. The Balaban J connectivity index is 1.93. The summed E-state index contributed by atoms with van der Waals surface area (Å²) in [4.78, 5) is 3.36. The quantitative estimate of drug-likeness (QED) is 0.333. The zero-order valence-corrected chi connectivity index (χ0v) is 18.6. The highest BCUT2D eigenvalue weighted by atomic mass is 19.4. The number of hydrogen-bond donors (Lipinski definition) is 1. The van der Waals surface area contributed by atoms with E-state index in [1.807, 2.05) is 20.0 Å². The summed E-state index contributed by atoms with van der Waals surface area (Å²) in [5.41, 5.74) is 7.91. The van der Waals surface area contributed by atoms with Gasteiger partial charge in [0.1, 0.15) is 0 Å². The molecule has 1 aromatic heterocycles. The van der Waals surface area contributed by atoms with E-state index in [2.05, 4.69) is 61.3 Å². The Morgan fingerprint density at radius 2 is 1.53 bits per heavy atom. The summed E-state index contributed by atoms with van der Waals surface area (Å²) < 4.78 is 39.6. The van der Waals surface area contributed by atoms with Crippen molar-refractivity contribution in [2.45, 2.75) is 39.8 Å². The van der Waals surface area contributed by atoms with E-state index < -0.39 is 11.7 Å². The first kappa shape index (κ1) is 21.9. The molecular weight excluding hydrogens is 407 g/mol. The van der Waals surface area contributed by atoms with Gasteiger partial charge in [-0.15, -0.1) is 0 Å². The summed E-state index contributed by atoms with van der Waals surface area (Å²) in [6.45, 7) is 8.17. The molecule has 1 nitrogen and oxygen atoms in total. The third-order valence-corrected chi connectivity index (χ3v) is 6.07. The van der Waals surface area contributed by atoms with Crippen molar-refractivity contribution >= 4 is 16.5 Å². The first-order valence-corrected chi connectivity index (χ1v) is 10.7. The van der Waals surface area contributed by atoms with Gasteiger partial charge in [0.2, 0.25) is 0 Å². The van der Waals surface area contributed by atoms with Crippen LogP contribution in [0.15, 0.2) is 72.9 Å². The predicted octanol–water partition coefficient (Wildman–Crippen LogP) is 8.35. The molecule has 0 aliphatic heterocycles. The largest absolute Gasteiger partial charge is 0.416 e. The SMILES string of the molecule is C/C=C(\c1ccc(C)cc1C)C(c1ccc(C(F)(F)F)cc1)c1c[nH]c2cc(C)ccc12. The second-order valence-corrected chi connectivity index (χ2v) is 8.41. The van der Waals surface area contributed by atoms with Crippen molar-refractivity contribution in [3.8, 4) is 0 Å². The summed E-state index contributed by atoms with van der Waals surface area (Å²) in [5, 5.41) is 1.07. The topological polar surface area (TPSA) is 15.8 Å². The molecule has 32 heavy (non-hydrogen) atoms. The fourth-order valence-corrected chi connectivity index (χ4v) is 4.51. The Kier molecular flexibility index (Phi) is 5.72. The van der Waals surface area contributed by atoms with Crippen LogP contribution in [0.4, 0.5) is 13.2 Å². The smallest absolute Gasteiger partial charge is 0.361 e. The number of aryl methyl sites for hydroxylation is 3. The maximum atomic E-state index is 13.2. The van der Waals surface area contributed by atoms with E-state index in [1.165, 1.54) is 17.7 Å². The number of nitrogens with one attached hydrogen (secondary N) is 1. The lowest BCUT2D eigenvalue weighted by Crippen LogP contribution is -2.08. The van der Waals surface area contributed by atoms with Gasteiger partial charge in [0.15, 0.2) is 0 Å². The van der Waals surface area contributed by atoms with Gasteiger partial charge < -0.3 is 4.98 Å². The van der Waals surface area contributed by atoms with Crippen molar-refractivity contribution in [1.29, 1.82) is 0 Å². The zero-order valence-electron chi connectivity index (χ0n) is 18.6. The van der Waals surface area contributed by atoms with Gasteiger partial charge in [0.05, 0.1) is 5.56 Å². The molecule has 0 amide bonds. The van der Waals surface area contributed by atoms with E-state index in [9.17, 15) is 13.2 Å². The number of benzene rings is 3. The van der Waals surface area contributed by atoms with Gasteiger partial charge in [0.25, 0.3) is 0 Å². The van der Waals surface area contributed by atoms with Crippen LogP contribution in [0.2, 0.25) is 0 Å². The van der Waals surface area contributed by atoms with Gasteiger partial charge >= 0.3 is 6.18 Å². The van der Waals surface area contributed by atoms with Gasteiger partial charge in [-0.3, -0.25) is 0 Å². The highest BCUT2D eigenvalue weighted by Crippen LogP contribution is 2.42. The minimum atomic E-state index is -4.36. The normalized spacial score (nSPS) is 13.5. The number of fused-ring (bicyclic) bond motifs is 1. The standard InChI is InChI=1S/C28H26F3N/c1-5-22(23-12-6-17(2)14-19(23)4)27(20-8-10-21(11-9-20)28(29,30)31)25-16-32-26-15-18(3)7-13-24(25)26/h5-16,27,32H,1-4H3/b22-5+. The van der Waals surface area contributed by atoms with E-state index in [0.717, 1.165) is 44.3 Å². The third kappa shape index (κ3) is 4.10. The molecule has 1 heterocycles. The lowest BCUT2D eigenvalue weighted by atomic mass is 9.79. The predicted molar refractivity (Wildman–Crippen MR) is 126 cm³/mol. The van der Waals surface area contributed by atoms with Crippen LogP contribution in [-0.4, -0.2) is 4.98 Å². The molecule has 1 N–H and O–H groups in total. The number of hydrogen-bond acceptors (Lipinski definition) is 0. The fraction of sp³-hybridized carbons (Fsp3) is 0.214. The van der Waals surface area contributed by atoms with Crippen molar-refractivity contribution in [2.75, 3.05) is 0 Å². The molecule has 4 heteroatoms. The van der Waals surface area contributed by atoms with Crippen molar-refractivity contribution < 1.29 is 13.2 Å². The summed E-state index contributed by atoms with van der Waals surface area (Å²) in [7, 11) is 0. The van der Waals surface area contributed by atoms with Crippen LogP contribution in [0.25, 0.3) is 16.5 Å². The van der Waals surface area contributed by atoms with E-state index in [1.54, 1.807) is 12.1 Å². The number of allylic oxidation sites excluding steroid dienone is 2. The first-order chi connectivity index (χ1) is 15.2. The molecule has 3 aromatic carbocycles. The molecule has 1 unspecified atom stereocenters. The summed E-state index contributed by atoms with van der Waals surface area (Å²) in [6.07, 6.45) is -0.296. The van der Waals surface area contributed by atoms with Crippen molar-refractivity contribution in [3.05, 3.63) is 112 Å². The first-order valence-electron chi connectivity index (χ1n) is 10.7. The maximum Gasteiger partial charge on any atom is 0.416 e. The molecule has 0 aliphatic rings. The molecule has 0 saturated heterocycles. The molecule has 0 aliphatic carbocycles. The molecule has 0 saturated carbocycles. The second-order valence-electron chi connectivity index (χ2n) is 8.41. The number of halogens is 3. The van der Waals surface area contributed by atoms with Crippen LogP contribution in [-0.2, 0) is 6.18 Å². The molecule has 1 atom stereocenters. The van der Waals surface area contributed by atoms with Gasteiger partial charge in [-0.25, -0.2) is 0 Å². The molecule has 4 rings (SSSR count). The summed E-state index contributed by atoms with van der Waals surface area (Å²) in [5.74, 6) is -0.208. The summed E-state index contributed by atoms with van der Waals surface area (Å²) >= 11 is 0. The van der Waals surface area contributed by atoms with E-state index in [4.69, 9.17) is 0 Å². The van der Waals surface area contributed by atoms with Crippen LogP contribution in [0.5, 0.6) is 0 Å².